The number of hydrogen-bond acceptors (Lipinski definition) is 7. The summed E-state index contributed by atoms with van der Waals surface area (Å²) in [5, 5.41) is 11.7. The molecule has 1 aromatic heterocycles. The first-order valence-electron chi connectivity index (χ1n) is 10.1. The summed E-state index contributed by atoms with van der Waals surface area (Å²) in [5.41, 5.74) is 5.44. The highest BCUT2D eigenvalue weighted by Crippen LogP contribution is 2.40. The maximum atomic E-state index is 12.8. The van der Waals surface area contributed by atoms with E-state index in [2.05, 4.69) is 5.32 Å². The predicted molar refractivity (Wildman–Crippen MR) is 116 cm³/mol. The summed E-state index contributed by atoms with van der Waals surface area (Å²) in [7, 11) is -4.43. The molecule has 1 fully saturated rings. The maximum absolute atomic E-state index is 12.8. The summed E-state index contributed by atoms with van der Waals surface area (Å²) < 4.78 is 16.5. The second-order valence-electron chi connectivity index (χ2n) is 7.84. The zero-order valence-corrected chi connectivity index (χ0v) is 18.4. The van der Waals surface area contributed by atoms with Crippen molar-refractivity contribution in [1.82, 2.24) is 4.90 Å². The van der Waals surface area contributed by atoms with E-state index in [0.717, 1.165) is 6.07 Å². The van der Waals surface area contributed by atoms with Crippen LogP contribution in [0.1, 0.15) is 31.2 Å². The van der Waals surface area contributed by atoms with Crippen LogP contribution >= 0.6 is 7.60 Å². The van der Waals surface area contributed by atoms with Crippen LogP contribution in [0.5, 0.6) is 0 Å². The number of likely N-dealkylation sites (tertiary alicyclic amines) is 1. The molecule has 0 saturated carbocycles. The molecule has 1 aromatic carbocycles. The summed E-state index contributed by atoms with van der Waals surface area (Å²) in [4.78, 5) is 67.8. The number of amides is 2. The van der Waals surface area contributed by atoms with Crippen molar-refractivity contribution in [2.75, 3.05) is 11.9 Å². The van der Waals surface area contributed by atoms with Crippen molar-refractivity contribution in [1.29, 1.82) is 0 Å². The van der Waals surface area contributed by atoms with Crippen molar-refractivity contribution in [3.8, 4) is 0 Å². The zero-order valence-electron chi connectivity index (χ0n) is 17.5. The lowest BCUT2D eigenvalue weighted by atomic mass is 10.1. The minimum Gasteiger partial charge on any atom is -0.481 e. The highest BCUT2D eigenvalue weighted by atomic mass is 31.2. The van der Waals surface area contributed by atoms with Crippen molar-refractivity contribution in [2.24, 2.45) is 5.73 Å². The Morgan fingerprint density at radius 3 is 2.67 bits per heavy atom. The summed E-state index contributed by atoms with van der Waals surface area (Å²) in [5.74, 6) is -2.05. The Morgan fingerprint density at radius 1 is 1.27 bits per heavy atom. The van der Waals surface area contributed by atoms with Crippen LogP contribution in [0.4, 0.5) is 5.69 Å². The van der Waals surface area contributed by atoms with Crippen molar-refractivity contribution in [2.45, 2.75) is 43.9 Å². The third-order valence-corrected chi connectivity index (χ3v) is 6.05. The van der Waals surface area contributed by atoms with Gasteiger partial charge < -0.3 is 35.3 Å². The fraction of sp³-hybridized carbons (Fsp3) is 0.400. The fourth-order valence-corrected chi connectivity index (χ4v) is 4.51. The molecule has 0 radical (unpaired) electrons. The van der Waals surface area contributed by atoms with Crippen molar-refractivity contribution in [3.63, 3.8) is 0 Å². The van der Waals surface area contributed by atoms with Gasteiger partial charge in [-0.25, -0.2) is 4.79 Å². The zero-order chi connectivity index (χ0) is 24.3. The number of benzene rings is 1. The van der Waals surface area contributed by atoms with Gasteiger partial charge in [0.15, 0.2) is 0 Å². The number of carbonyl (C=O) groups is 3. The molecule has 178 valence electrons. The number of nitrogens with one attached hydrogen (secondary N) is 1. The van der Waals surface area contributed by atoms with Crippen LogP contribution in [0.2, 0.25) is 0 Å². The van der Waals surface area contributed by atoms with Crippen LogP contribution in [0.3, 0.4) is 0 Å². The van der Waals surface area contributed by atoms with E-state index in [1.54, 1.807) is 0 Å². The Bertz CT molecular complexity index is 1190. The number of carboxylic acids is 1. The van der Waals surface area contributed by atoms with E-state index in [1.807, 2.05) is 0 Å². The SMILES string of the molecule is N[C@@H](CCC(=O)O)C(=O)N1CCC[C@@H]1C(=O)Nc1ccc2c(CP(=O)(O)O)cc(=O)oc2c1. The van der Waals surface area contributed by atoms with Gasteiger partial charge in [-0.3, -0.25) is 18.9 Å². The van der Waals surface area contributed by atoms with Crippen molar-refractivity contribution < 1.29 is 38.3 Å². The molecular weight excluding hydrogens is 457 g/mol. The second kappa shape index (κ2) is 9.84. The molecule has 0 unspecified atom stereocenters. The summed E-state index contributed by atoms with van der Waals surface area (Å²) >= 11 is 0. The quantitative estimate of drug-likeness (QED) is 0.262. The Kier molecular flexibility index (Phi) is 7.33. The average Bonchev–Trinajstić information content (AvgIpc) is 3.19. The Labute approximate surface area is 187 Å². The number of rotatable bonds is 8. The molecule has 3 rings (SSSR count). The second-order valence-corrected chi connectivity index (χ2v) is 9.49. The number of carbonyl (C=O) groups excluding carboxylic acids is 2. The topological polar surface area (TPSA) is 200 Å². The van der Waals surface area contributed by atoms with Crippen LogP contribution in [0, 0.1) is 0 Å². The third-order valence-electron chi connectivity index (χ3n) is 5.30. The van der Waals surface area contributed by atoms with Crippen LogP contribution < -0.4 is 16.7 Å². The molecular formula is C20H24N3O9P. The van der Waals surface area contributed by atoms with Gasteiger partial charge in [0.1, 0.15) is 11.6 Å². The Hall–Kier alpha value is -3.05. The molecule has 2 atom stereocenters. The van der Waals surface area contributed by atoms with Gasteiger partial charge in [-0.2, -0.15) is 0 Å². The highest BCUT2D eigenvalue weighted by molar-refractivity contribution is 7.50. The number of carboxylic acid groups (broad SMARTS) is 1. The van der Waals surface area contributed by atoms with Crippen LogP contribution in [0.15, 0.2) is 33.5 Å². The van der Waals surface area contributed by atoms with E-state index in [1.165, 1.54) is 23.1 Å². The summed E-state index contributed by atoms with van der Waals surface area (Å²) in [6.45, 7) is 0.315. The summed E-state index contributed by atoms with van der Waals surface area (Å²) in [6.07, 6.45) is 0.0395. The molecule has 2 amide bonds. The molecule has 1 aliphatic heterocycles. The van der Waals surface area contributed by atoms with Crippen LogP contribution in [-0.4, -0.2) is 56.2 Å². The van der Waals surface area contributed by atoms with Gasteiger partial charge in [0.05, 0.1) is 12.2 Å². The number of fused-ring (bicyclic) bond motifs is 1. The van der Waals surface area contributed by atoms with Gasteiger partial charge >= 0.3 is 19.2 Å². The van der Waals surface area contributed by atoms with Gasteiger partial charge in [0, 0.05) is 36.2 Å². The van der Waals surface area contributed by atoms with E-state index < -0.39 is 49.3 Å². The normalized spacial score (nSPS) is 17.2. The molecule has 12 nitrogen and oxygen atoms in total. The number of hydrogen-bond donors (Lipinski definition) is 5. The molecule has 0 spiro atoms. The van der Waals surface area contributed by atoms with E-state index in [0.29, 0.717) is 24.8 Å². The molecule has 33 heavy (non-hydrogen) atoms. The van der Waals surface area contributed by atoms with Gasteiger partial charge in [0.25, 0.3) is 0 Å². The average molecular weight is 481 g/mol. The molecule has 1 saturated heterocycles. The van der Waals surface area contributed by atoms with E-state index >= 15 is 0 Å². The van der Waals surface area contributed by atoms with E-state index in [4.69, 9.17) is 15.3 Å². The molecule has 13 heteroatoms. The fourth-order valence-electron chi connectivity index (χ4n) is 3.80. The van der Waals surface area contributed by atoms with Crippen LogP contribution in [-0.2, 0) is 25.1 Å². The maximum Gasteiger partial charge on any atom is 0.336 e. The number of anilines is 1. The van der Waals surface area contributed by atoms with Gasteiger partial charge in [-0.05, 0) is 37.0 Å². The van der Waals surface area contributed by atoms with E-state index in [-0.39, 0.29) is 29.7 Å². The molecule has 2 heterocycles. The number of aliphatic carboxylic acids is 1. The first-order valence-corrected chi connectivity index (χ1v) is 11.9. The lowest BCUT2D eigenvalue weighted by Crippen LogP contribution is -2.49. The smallest absolute Gasteiger partial charge is 0.336 e. The van der Waals surface area contributed by atoms with Crippen molar-refractivity contribution in [3.05, 3.63) is 40.2 Å². The minimum absolute atomic E-state index is 0.0406. The third kappa shape index (κ3) is 6.26. The first kappa shape index (κ1) is 24.6. The predicted octanol–water partition coefficient (Wildman–Crippen LogP) is 0.592. The van der Waals surface area contributed by atoms with Crippen molar-refractivity contribution >= 4 is 42.0 Å². The molecule has 6 N–H and O–H groups in total. The Morgan fingerprint density at radius 2 is 2.00 bits per heavy atom. The minimum atomic E-state index is -4.43. The number of nitrogens with two attached hydrogens (primary N) is 1. The monoisotopic (exact) mass is 481 g/mol. The molecule has 1 aliphatic rings. The van der Waals surface area contributed by atoms with Gasteiger partial charge in [-0.1, -0.05) is 0 Å². The largest absolute Gasteiger partial charge is 0.481 e. The standard InChI is InChI=1S/C20H24N3O9P/c21-14(5-6-17(24)25)20(28)23-7-1-2-15(23)19(27)22-12-3-4-13-11(10-33(29,30)31)8-18(26)32-16(13)9-12/h3-4,8-9,14-15H,1-2,5-7,10,21H2,(H,22,27)(H,24,25)(H2,29,30,31)/t14-,15+/m0/s1. The van der Waals surface area contributed by atoms with Gasteiger partial charge in [-0.15, -0.1) is 0 Å². The molecule has 0 aliphatic carbocycles. The van der Waals surface area contributed by atoms with Crippen LogP contribution in [0.25, 0.3) is 11.0 Å². The van der Waals surface area contributed by atoms with Gasteiger partial charge in [0.2, 0.25) is 11.8 Å². The molecule has 2 aromatic rings. The Balaban J connectivity index is 1.77. The summed E-state index contributed by atoms with van der Waals surface area (Å²) in [6, 6.07) is 3.50. The highest BCUT2D eigenvalue weighted by Gasteiger charge is 2.36. The lowest BCUT2D eigenvalue weighted by Gasteiger charge is -2.26. The molecule has 0 bridgehead atoms. The van der Waals surface area contributed by atoms with E-state index in [9.17, 15) is 33.5 Å². The number of nitrogens with zero attached hydrogens (tertiary/aromatic N) is 1. The first-order chi connectivity index (χ1) is 15.4. The lowest BCUT2D eigenvalue weighted by molar-refractivity contribution is -0.139.